The zero-order valence-corrected chi connectivity index (χ0v) is 13.4. The Hall–Kier alpha value is -2.32. The van der Waals surface area contributed by atoms with Crippen molar-refractivity contribution in [2.75, 3.05) is 14.2 Å². The van der Waals surface area contributed by atoms with Gasteiger partial charge in [-0.15, -0.1) is 0 Å². The van der Waals surface area contributed by atoms with Gasteiger partial charge < -0.3 is 14.0 Å². The van der Waals surface area contributed by atoms with Gasteiger partial charge in [-0.1, -0.05) is 0 Å². The fourth-order valence-electron chi connectivity index (χ4n) is 1.92. The van der Waals surface area contributed by atoms with Gasteiger partial charge in [-0.2, -0.15) is 9.97 Å². The Balaban J connectivity index is 2.24. The molecule has 3 aromatic heterocycles. The molecule has 126 valence electrons. The number of imidazole rings is 1. The van der Waals surface area contributed by atoms with Crippen LogP contribution >= 0.6 is 0 Å². The maximum Gasteiger partial charge on any atom is 0.323 e. The first-order chi connectivity index (χ1) is 15.1. The highest BCUT2D eigenvalue weighted by Gasteiger charge is 2.21. The van der Waals surface area contributed by atoms with E-state index >= 15 is 0 Å². The van der Waals surface area contributed by atoms with Crippen LogP contribution in [0.5, 0.6) is 11.6 Å². The highest BCUT2D eigenvalue weighted by atomic mass is 32.2. The van der Waals surface area contributed by atoms with Crippen molar-refractivity contribution in [1.29, 1.82) is 0 Å². The molecule has 0 spiro atoms. The summed E-state index contributed by atoms with van der Waals surface area (Å²) in [7, 11) is 2.38. The third-order valence-electron chi connectivity index (χ3n) is 3.05. The molecule has 1 N–H and O–H groups in total. The molecule has 0 amide bonds. The van der Waals surface area contributed by atoms with Crippen molar-refractivity contribution in [2.45, 2.75) is 24.6 Å². The summed E-state index contributed by atoms with van der Waals surface area (Å²) in [6.07, 6.45) is -0.924. The van der Waals surface area contributed by atoms with Gasteiger partial charge in [-0.3, -0.25) is 9.97 Å². The SMILES string of the molecule is [2H]c1nc(C([2H])([2H])[S+]([O-])c2nc3nc(OC)ccc3[nH]2)c(C([2H])([2H])[2H])c(OC)c1C([2H])([2H])[2H]. The quantitative estimate of drug-likeness (QED) is 0.706. The second-order valence-corrected chi connectivity index (χ2v) is 5.62. The van der Waals surface area contributed by atoms with Crippen molar-refractivity contribution in [3.05, 3.63) is 35.1 Å². The number of fused-ring (bicyclic) bond motifs is 1. The number of aromatic amines is 1. The number of H-pyrrole nitrogens is 1. The van der Waals surface area contributed by atoms with Crippen LogP contribution in [0, 0.1) is 13.7 Å². The molecule has 0 aromatic carbocycles. The average molecular weight is 355 g/mol. The van der Waals surface area contributed by atoms with Crippen LogP contribution in [-0.4, -0.2) is 38.7 Å². The number of methoxy groups -OCH3 is 2. The molecule has 1 unspecified atom stereocenters. The van der Waals surface area contributed by atoms with Crippen molar-refractivity contribution < 1.29 is 26.4 Å². The zero-order valence-electron chi connectivity index (χ0n) is 21.6. The second-order valence-electron chi connectivity index (χ2n) is 4.49. The van der Waals surface area contributed by atoms with Gasteiger partial charge in [0.15, 0.2) is 11.4 Å². The summed E-state index contributed by atoms with van der Waals surface area (Å²) in [6, 6.07) is 3.02. The van der Waals surface area contributed by atoms with E-state index in [2.05, 4.69) is 19.9 Å². The highest BCUT2D eigenvalue weighted by molar-refractivity contribution is 7.90. The molecule has 3 aromatic rings. The van der Waals surface area contributed by atoms with E-state index in [0.29, 0.717) is 5.52 Å². The monoisotopic (exact) mass is 355 g/mol. The van der Waals surface area contributed by atoms with E-state index in [9.17, 15) is 4.55 Å². The van der Waals surface area contributed by atoms with Gasteiger partial charge >= 0.3 is 5.16 Å². The largest absolute Gasteiger partial charge is 0.609 e. The van der Waals surface area contributed by atoms with Crippen LogP contribution in [0.1, 0.15) is 29.2 Å². The number of hydrogen-bond acceptors (Lipinski definition) is 6. The van der Waals surface area contributed by atoms with Crippen LogP contribution in [0.3, 0.4) is 0 Å². The summed E-state index contributed by atoms with van der Waals surface area (Å²) >= 11 is -2.68. The molecule has 0 bridgehead atoms. The molecule has 0 fully saturated rings. The fraction of sp³-hybridized carbons (Fsp3) is 0.312. The van der Waals surface area contributed by atoms with Crippen molar-refractivity contribution in [3.8, 4) is 11.6 Å². The summed E-state index contributed by atoms with van der Waals surface area (Å²) < 4.78 is 94.5. The van der Waals surface area contributed by atoms with Crippen molar-refractivity contribution in [2.24, 2.45) is 0 Å². The standard InChI is InChI=1S/C16H18N4O3S/c1-9-7-17-12(10(2)14(9)23-4)8-24(21)16-18-11-5-6-13(22-3)19-15(11)20-16/h5-7H,8H2,1-4H3,(H,18,19,20)/i1D3,2D3,7D,8D2. The molecular formula is C16H18N4O3S. The Bertz CT molecular complexity index is 1200. The van der Waals surface area contributed by atoms with Crippen LogP contribution in [0.15, 0.2) is 23.5 Å². The lowest BCUT2D eigenvalue weighted by Gasteiger charge is -2.13. The molecule has 0 aliphatic rings. The van der Waals surface area contributed by atoms with Gasteiger partial charge in [-0.05, 0) is 19.8 Å². The second kappa shape index (κ2) is 6.66. The predicted octanol–water partition coefficient (Wildman–Crippen LogP) is 2.29. The third kappa shape index (κ3) is 3.02. The molecule has 0 saturated carbocycles. The Morgan fingerprint density at radius 1 is 1.33 bits per heavy atom. The molecule has 0 aliphatic carbocycles. The third-order valence-corrected chi connectivity index (χ3v) is 3.97. The van der Waals surface area contributed by atoms with Crippen molar-refractivity contribution >= 4 is 22.3 Å². The Morgan fingerprint density at radius 2 is 2.21 bits per heavy atom. The molecule has 7 nitrogen and oxygen atoms in total. The van der Waals surface area contributed by atoms with E-state index in [1.165, 1.54) is 19.2 Å². The molecule has 8 heteroatoms. The molecule has 24 heavy (non-hydrogen) atoms. The maximum absolute atomic E-state index is 13.2. The topological polar surface area (TPSA) is 96.0 Å². The minimum Gasteiger partial charge on any atom is -0.609 e. The van der Waals surface area contributed by atoms with Gasteiger partial charge in [0.25, 0.3) is 0 Å². The van der Waals surface area contributed by atoms with Gasteiger partial charge in [0.1, 0.15) is 5.75 Å². The van der Waals surface area contributed by atoms with Crippen LogP contribution < -0.4 is 9.47 Å². The first-order valence-corrected chi connectivity index (χ1v) is 7.70. The van der Waals surface area contributed by atoms with Crippen LogP contribution in [0.4, 0.5) is 0 Å². The number of ether oxygens (including phenoxy) is 2. The number of hydrogen-bond donors (Lipinski definition) is 1. The summed E-state index contributed by atoms with van der Waals surface area (Å²) in [6.45, 7) is -6.08. The van der Waals surface area contributed by atoms with E-state index in [4.69, 9.17) is 21.8 Å². The smallest absolute Gasteiger partial charge is 0.323 e. The Labute approximate surface area is 155 Å². The molecule has 0 saturated heterocycles. The van der Waals surface area contributed by atoms with Gasteiger partial charge in [0.2, 0.25) is 5.88 Å². The van der Waals surface area contributed by atoms with Gasteiger partial charge in [0.05, 0.1) is 29.5 Å². The number of nitrogens with zero attached hydrogens (tertiary/aromatic N) is 3. The lowest BCUT2D eigenvalue weighted by Crippen LogP contribution is -2.10. The van der Waals surface area contributed by atoms with Crippen LogP contribution in [-0.2, 0) is 16.9 Å². The predicted molar refractivity (Wildman–Crippen MR) is 90.8 cm³/mol. The summed E-state index contributed by atoms with van der Waals surface area (Å²) in [5.74, 6) is -0.522. The number of nitrogens with one attached hydrogen (secondary N) is 1. The molecule has 0 radical (unpaired) electrons. The molecular weight excluding hydrogens is 328 g/mol. The summed E-state index contributed by atoms with van der Waals surface area (Å²) in [5, 5.41) is -0.376. The molecule has 3 rings (SSSR count). The van der Waals surface area contributed by atoms with E-state index < -0.39 is 59.3 Å². The van der Waals surface area contributed by atoms with Gasteiger partial charge in [-0.25, -0.2) is 0 Å². The Morgan fingerprint density at radius 3 is 2.92 bits per heavy atom. The minimum atomic E-state index is -3.11. The number of aromatic nitrogens is 4. The van der Waals surface area contributed by atoms with Crippen molar-refractivity contribution in [3.63, 3.8) is 0 Å². The van der Waals surface area contributed by atoms with Crippen LogP contribution in [0.25, 0.3) is 11.2 Å². The summed E-state index contributed by atoms with van der Waals surface area (Å²) in [4.78, 5) is 14.3. The van der Waals surface area contributed by atoms with E-state index in [-0.39, 0.29) is 16.7 Å². The minimum absolute atomic E-state index is 0.0778. The number of pyridine rings is 2. The maximum atomic E-state index is 13.2. The van der Waals surface area contributed by atoms with Gasteiger partial charge in [0, 0.05) is 42.8 Å². The lowest BCUT2D eigenvalue weighted by atomic mass is 10.1. The van der Waals surface area contributed by atoms with E-state index in [0.717, 1.165) is 7.11 Å². The summed E-state index contributed by atoms with van der Waals surface area (Å²) in [5.41, 5.74) is -5.22. The fourth-order valence-corrected chi connectivity index (χ4v) is 2.71. The van der Waals surface area contributed by atoms with E-state index in [1.807, 2.05) is 0 Å². The average Bonchev–Trinajstić information content (AvgIpc) is 3.13. The van der Waals surface area contributed by atoms with Crippen LogP contribution in [0.2, 0.25) is 0 Å². The van der Waals surface area contributed by atoms with Crippen molar-refractivity contribution in [1.82, 2.24) is 19.9 Å². The Kier molecular flexibility index (Phi) is 2.41. The number of rotatable bonds is 5. The normalized spacial score (nSPS) is 19.5. The first-order valence-electron chi connectivity index (χ1n) is 11.1. The molecule has 3 heterocycles. The molecule has 1 atom stereocenters. The molecule has 0 aliphatic heterocycles. The lowest BCUT2D eigenvalue weighted by molar-refractivity contribution is 0.399. The van der Waals surface area contributed by atoms with E-state index in [1.54, 1.807) is 0 Å². The highest BCUT2D eigenvalue weighted by Crippen LogP contribution is 2.26. The zero-order chi connectivity index (χ0) is 24.9. The first kappa shape index (κ1) is 8.68.